The number of rotatable bonds is 5. The summed E-state index contributed by atoms with van der Waals surface area (Å²) in [6.07, 6.45) is 0.719. The lowest BCUT2D eigenvalue weighted by atomic mass is 9.93. The Labute approximate surface area is 132 Å². The van der Waals surface area contributed by atoms with Crippen LogP contribution >= 0.6 is 27.5 Å². The lowest BCUT2D eigenvalue weighted by Crippen LogP contribution is -2.41. The van der Waals surface area contributed by atoms with Crippen molar-refractivity contribution >= 4 is 33.2 Å². The maximum Gasteiger partial charge on any atom is 0.0662 e. The average molecular weight is 355 g/mol. The van der Waals surface area contributed by atoms with Gasteiger partial charge in [-0.3, -0.25) is 0 Å². The van der Waals surface area contributed by atoms with Crippen molar-refractivity contribution in [2.24, 2.45) is 0 Å². The standard InChI is InChI=1S/C16H17BrClNO/c1-16(11-20,10-12-2-6-14(18)7-3-12)19-15-8-4-13(17)5-9-15/h2-9,19-20H,10-11H2,1H3. The second-order valence-electron chi connectivity index (χ2n) is 5.15. The van der Waals surface area contributed by atoms with E-state index < -0.39 is 5.54 Å². The number of nitrogens with one attached hydrogen (secondary N) is 1. The zero-order valence-electron chi connectivity index (χ0n) is 11.2. The SMILES string of the molecule is CC(CO)(Cc1ccc(Cl)cc1)Nc1ccc(Br)cc1. The third-order valence-corrected chi connectivity index (χ3v) is 3.93. The Bertz CT molecular complexity index is 506. The van der Waals surface area contributed by atoms with Crippen LogP contribution in [0.4, 0.5) is 5.69 Å². The molecule has 20 heavy (non-hydrogen) atoms. The Balaban J connectivity index is 2.12. The number of aliphatic hydroxyl groups is 1. The molecule has 106 valence electrons. The fourth-order valence-corrected chi connectivity index (χ4v) is 2.46. The predicted octanol–water partition coefficient (Wildman–Crippen LogP) is 4.51. The van der Waals surface area contributed by atoms with Crippen molar-refractivity contribution in [1.29, 1.82) is 0 Å². The van der Waals surface area contributed by atoms with Crippen molar-refractivity contribution in [1.82, 2.24) is 0 Å². The van der Waals surface area contributed by atoms with Crippen LogP contribution in [0, 0.1) is 0 Å². The summed E-state index contributed by atoms with van der Waals surface area (Å²) in [4.78, 5) is 0. The first-order valence-corrected chi connectivity index (χ1v) is 7.57. The molecule has 0 aliphatic rings. The monoisotopic (exact) mass is 353 g/mol. The van der Waals surface area contributed by atoms with Gasteiger partial charge in [0.25, 0.3) is 0 Å². The molecule has 0 heterocycles. The van der Waals surface area contributed by atoms with Gasteiger partial charge in [-0.2, -0.15) is 0 Å². The van der Waals surface area contributed by atoms with E-state index in [1.165, 1.54) is 0 Å². The van der Waals surface area contributed by atoms with Gasteiger partial charge in [-0.1, -0.05) is 39.7 Å². The molecule has 2 nitrogen and oxygen atoms in total. The highest BCUT2D eigenvalue weighted by molar-refractivity contribution is 9.10. The molecule has 0 amide bonds. The molecule has 2 aromatic carbocycles. The number of hydrogen-bond acceptors (Lipinski definition) is 2. The van der Waals surface area contributed by atoms with Crippen LogP contribution in [0.2, 0.25) is 5.02 Å². The minimum Gasteiger partial charge on any atom is -0.394 e. The number of aliphatic hydroxyl groups excluding tert-OH is 1. The summed E-state index contributed by atoms with van der Waals surface area (Å²) in [6.45, 7) is 2.05. The number of anilines is 1. The molecule has 4 heteroatoms. The highest BCUT2D eigenvalue weighted by atomic mass is 79.9. The van der Waals surface area contributed by atoms with Gasteiger partial charge in [-0.25, -0.2) is 0 Å². The van der Waals surface area contributed by atoms with E-state index in [2.05, 4.69) is 21.2 Å². The van der Waals surface area contributed by atoms with Crippen LogP contribution < -0.4 is 5.32 Å². The van der Waals surface area contributed by atoms with Crippen LogP contribution in [-0.2, 0) is 6.42 Å². The van der Waals surface area contributed by atoms with Crippen molar-refractivity contribution in [3.05, 3.63) is 63.6 Å². The molecule has 0 radical (unpaired) electrons. The first-order chi connectivity index (χ1) is 9.50. The first kappa shape index (κ1) is 15.4. The third-order valence-electron chi connectivity index (χ3n) is 3.15. The second-order valence-corrected chi connectivity index (χ2v) is 6.51. The molecule has 0 aliphatic heterocycles. The third kappa shape index (κ3) is 4.23. The van der Waals surface area contributed by atoms with Gasteiger partial charge in [0.15, 0.2) is 0 Å². The molecule has 0 saturated carbocycles. The maximum absolute atomic E-state index is 9.72. The fraction of sp³-hybridized carbons (Fsp3) is 0.250. The lowest BCUT2D eigenvalue weighted by Gasteiger charge is -2.30. The van der Waals surface area contributed by atoms with Crippen molar-refractivity contribution in [2.75, 3.05) is 11.9 Å². The van der Waals surface area contributed by atoms with E-state index in [0.717, 1.165) is 27.2 Å². The highest BCUT2D eigenvalue weighted by Crippen LogP contribution is 2.22. The minimum absolute atomic E-state index is 0.0473. The molecule has 0 spiro atoms. The summed E-state index contributed by atoms with van der Waals surface area (Å²) in [5, 5.41) is 13.8. The largest absolute Gasteiger partial charge is 0.394 e. The van der Waals surface area contributed by atoms with Crippen molar-refractivity contribution in [3.63, 3.8) is 0 Å². The van der Waals surface area contributed by atoms with Crippen LogP contribution in [0.3, 0.4) is 0 Å². The number of benzene rings is 2. The van der Waals surface area contributed by atoms with Gasteiger partial charge >= 0.3 is 0 Å². The average Bonchev–Trinajstić information content (AvgIpc) is 2.44. The molecule has 2 rings (SSSR count). The van der Waals surface area contributed by atoms with E-state index in [9.17, 15) is 5.11 Å². The summed E-state index contributed by atoms with van der Waals surface area (Å²) >= 11 is 9.30. The van der Waals surface area contributed by atoms with Gasteiger partial charge < -0.3 is 10.4 Å². The lowest BCUT2D eigenvalue weighted by molar-refractivity contribution is 0.222. The molecule has 0 fully saturated rings. The summed E-state index contributed by atoms with van der Waals surface area (Å²) in [7, 11) is 0. The molecular formula is C16H17BrClNO. The van der Waals surface area contributed by atoms with Crippen molar-refractivity contribution in [2.45, 2.75) is 18.9 Å². The summed E-state index contributed by atoms with van der Waals surface area (Å²) in [5.74, 6) is 0. The molecule has 2 N–H and O–H groups in total. The first-order valence-electron chi connectivity index (χ1n) is 6.40. The Kier molecular flexibility index (Phi) is 5.08. The molecule has 1 unspecified atom stereocenters. The van der Waals surface area contributed by atoms with Gasteiger partial charge in [-0.05, 0) is 55.3 Å². The topological polar surface area (TPSA) is 32.3 Å². The Morgan fingerprint density at radius 3 is 2.25 bits per heavy atom. The molecule has 2 aromatic rings. The molecule has 0 aromatic heterocycles. The summed E-state index contributed by atoms with van der Waals surface area (Å²) < 4.78 is 1.03. The van der Waals surface area contributed by atoms with Crippen LogP contribution in [0.25, 0.3) is 0 Å². The molecular weight excluding hydrogens is 338 g/mol. The van der Waals surface area contributed by atoms with Crippen LogP contribution in [0.15, 0.2) is 53.0 Å². The van der Waals surface area contributed by atoms with Crippen LogP contribution in [0.1, 0.15) is 12.5 Å². The highest BCUT2D eigenvalue weighted by Gasteiger charge is 2.23. The zero-order chi connectivity index (χ0) is 14.6. The smallest absolute Gasteiger partial charge is 0.0662 e. The number of halogens is 2. The van der Waals surface area contributed by atoms with E-state index in [4.69, 9.17) is 11.6 Å². The van der Waals surface area contributed by atoms with Gasteiger partial charge in [0.2, 0.25) is 0 Å². The van der Waals surface area contributed by atoms with E-state index >= 15 is 0 Å². The normalized spacial score (nSPS) is 13.8. The minimum atomic E-state index is -0.415. The number of hydrogen-bond donors (Lipinski definition) is 2. The molecule has 0 aliphatic carbocycles. The maximum atomic E-state index is 9.72. The van der Waals surface area contributed by atoms with Crippen LogP contribution in [0.5, 0.6) is 0 Å². The molecule has 0 bridgehead atoms. The van der Waals surface area contributed by atoms with Crippen molar-refractivity contribution in [3.8, 4) is 0 Å². The summed E-state index contributed by atoms with van der Waals surface area (Å²) in [6, 6.07) is 15.6. The Morgan fingerprint density at radius 2 is 1.70 bits per heavy atom. The van der Waals surface area contributed by atoms with E-state index in [1.807, 2.05) is 55.5 Å². The Hall–Kier alpha value is -1.03. The van der Waals surface area contributed by atoms with E-state index in [1.54, 1.807) is 0 Å². The second kappa shape index (κ2) is 6.61. The quantitative estimate of drug-likeness (QED) is 0.828. The van der Waals surface area contributed by atoms with Gasteiger partial charge in [0.1, 0.15) is 0 Å². The predicted molar refractivity (Wildman–Crippen MR) is 88.4 cm³/mol. The van der Waals surface area contributed by atoms with Gasteiger partial charge in [0, 0.05) is 15.2 Å². The Morgan fingerprint density at radius 1 is 1.10 bits per heavy atom. The van der Waals surface area contributed by atoms with Gasteiger partial charge in [-0.15, -0.1) is 0 Å². The molecule has 0 saturated heterocycles. The molecule has 1 atom stereocenters. The summed E-state index contributed by atoms with van der Waals surface area (Å²) in [5.41, 5.74) is 1.70. The van der Waals surface area contributed by atoms with Gasteiger partial charge in [0.05, 0.1) is 12.1 Å². The zero-order valence-corrected chi connectivity index (χ0v) is 13.6. The fourth-order valence-electron chi connectivity index (χ4n) is 2.07. The van der Waals surface area contributed by atoms with E-state index in [0.29, 0.717) is 0 Å². The van der Waals surface area contributed by atoms with Crippen LogP contribution in [-0.4, -0.2) is 17.3 Å². The van der Waals surface area contributed by atoms with Crippen molar-refractivity contribution < 1.29 is 5.11 Å². The van der Waals surface area contributed by atoms with E-state index in [-0.39, 0.29) is 6.61 Å².